The second-order valence-corrected chi connectivity index (χ2v) is 4.30. The maximum Gasteiger partial charge on any atom is 0.194 e. The lowest BCUT2D eigenvalue weighted by atomic mass is 10.0. The summed E-state index contributed by atoms with van der Waals surface area (Å²) in [5.41, 5.74) is 1.49. The molecule has 0 bridgehead atoms. The van der Waals surface area contributed by atoms with Gasteiger partial charge in [-0.25, -0.2) is 4.39 Å². The molecule has 0 saturated carbocycles. The van der Waals surface area contributed by atoms with Gasteiger partial charge in [0, 0.05) is 10.8 Å². The largest absolute Gasteiger partial charge is 0.289 e. The van der Waals surface area contributed by atoms with E-state index in [1.54, 1.807) is 0 Å². The minimum atomic E-state index is -0.667. The number of fused-ring (bicyclic) bond motifs is 1. The summed E-state index contributed by atoms with van der Waals surface area (Å²) in [6.45, 7) is 7.27. The summed E-state index contributed by atoms with van der Waals surface area (Å²) in [5, 5.41) is 1.84. The van der Waals surface area contributed by atoms with Crippen LogP contribution in [0.2, 0.25) is 0 Å². The van der Waals surface area contributed by atoms with Crippen molar-refractivity contribution in [2.45, 2.75) is 39.8 Å². The van der Waals surface area contributed by atoms with Crippen molar-refractivity contribution in [1.82, 2.24) is 0 Å². The second-order valence-electron chi connectivity index (χ2n) is 4.30. The molecule has 0 spiro atoms. The molecule has 0 heterocycles. The molecule has 2 rings (SSSR count). The molecule has 0 atom stereocenters. The van der Waals surface area contributed by atoms with E-state index in [2.05, 4.69) is 13.8 Å². The van der Waals surface area contributed by atoms with Gasteiger partial charge < -0.3 is 0 Å². The third-order valence-corrected chi connectivity index (χ3v) is 2.14. The lowest BCUT2D eigenvalue weighted by molar-refractivity contribution is 0.391. The lowest BCUT2D eigenvalue weighted by Crippen LogP contribution is -1.83. The van der Waals surface area contributed by atoms with Gasteiger partial charge in [0.1, 0.15) is 0 Å². The number of hydrogen-bond donors (Lipinski definition) is 0. The molecule has 15 heavy (non-hydrogen) atoms. The van der Waals surface area contributed by atoms with Crippen LogP contribution in [0.4, 0.5) is 4.39 Å². The summed E-state index contributed by atoms with van der Waals surface area (Å²) in [7, 11) is 0. The van der Waals surface area contributed by atoms with Crippen LogP contribution in [-0.4, -0.2) is 6.17 Å². The van der Waals surface area contributed by atoms with Crippen molar-refractivity contribution in [3.8, 4) is 0 Å². The first-order valence-corrected chi connectivity index (χ1v) is 5.26. The Bertz CT molecular complexity index is 445. The van der Waals surface area contributed by atoms with E-state index >= 15 is 0 Å². The second kappa shape index (κ2) is 4.56. The molecule has 2 aromatic carbocycles. The first kappa shape index (κ1) is 11.9. The van der Waals surface area contributed by atoms with Crippen molar-refractivity contribution in [2.75, 3.05) is 0 Å². The standard InChI is InChI=1S/C10H10O.C3H7F/c1-6(2)7-3-4-8-9(5-7)10(8)11;1-3(2)4/h3-6H,1-2H3;3H,1-2H3. The fourth-order valence-corrected chi connectivity index (χ4v) is 1.26. The molecule has 1 nitrogen and oxygen atoms in total. The lowest BCUT2D eigenvalue weighted by Gasteiger charge is -2.00. The highest BCUT2D eigenvalue weighted by Crippen LogP contribution is 2.21. The number of rotatable bonds is 1. The molecule has 0 aliphatic carbocycles. The van der Waals surface area contributed by atoms with Gasteiger partial charge in [0.15, 0.2) is 5.43 Å². The number of benzene rings is 1. The summed E-state index contributed by atoms with van der Waals surface area (Å²) < 4.78 is 11.0. The zero-order valence-corrected chi connectivity index (χ0v) is 9.67. The van der Waals surface area contributed by atoms with Gasteiger partial charge in [-0.2, -0.15) is 0 Å². The van der Waals surface area contributed by atoms with Crippen molar-refractivity contribution in [1.29, 1.82) is 0 Å². The van der Waals surface area contributed by atoms with E-state index in [9.17, 15) is 9.18 Å². The first-order chi connectivity index (χ1) is 6.93. The van der Waals surface area contributed by atoms with Crippen LogP contribution in [0.3, 0.4) is 0 Å². The molecule has 0 aromatic heterocycles. The molecule has 0 aliphatic rings. The van der Waals surface area contributed by atoms with Gasteiger partial charge in [0.05, 0.1) is 6.17 Å². The predicted octanol–water partition coefficient (Wildman–Crippen LogP) is 3.56. The number of alkyl halides is 1. The smallest absolute Gasteiger partial charge is 0.194 e. The summed E-state index contributed by atoms with van der Waals surface area (Å²) in [6.07, 6.45) is -0.667. The molecule has 0 fully saturated rings. The van der Waals surface area contributed by atoms with Crippen molar-refractivity contribution in [3.05, 3.63) is 34.0 Å². The van der Waals surface area contributed by atoms with Crippen LogP contribution >= 0.6 is 0 Å². The quantitative estimate of drug-likeness (QED) is 0.700. The van der Waals surface area contributed by atoms with Gasteiger partial charge in [-0.1, -0.05) is 26.0 Å². The van der Waals surface area contributed by atoms with Gasteiger partial charge in [-0.15, -0.1) is 0 Å². The van der Waals surface area contributed by atoms with Gasteiger partial charge in [0.25, 0.3) is 0 Å². The summed E-state index contributed by atoms with van der Waals surface area (Å²) >= 11 is 0. The van der Waals surface area contributed by atoms with E-state index < -0.39 is 6.17 Å². The average Bonchev–Trinajstić information content (AvgIpc) is 2.76. The highest BCUT2D eigenvalue weighted by atomic mass is 19.1. The fourth-order valence-electron chi connectivity index (χ4n) is 1.26. The molecule has 82 valence electrons. The Morgan fingerprint density at radius 2 is 1.60 bits per heavy atom. The molecule has 2 aromatic rings. The van der Waals surface area contributed by atoms with Crippen LogP contribution in [-0.2, 0) is 0 Å². The van der Waals surface area contributed by atoms with Gasteiger partial charge in [-0.3, -0.25) is 4.79 Å². The monoisotopic (exact) mass is 208 g/mol. The Hall–Kier alpha value is -1.18. The van der Waals surface area contributed by atoms with Crippen LogP contribution in [0, 0.1) is 0 Å². The molecule has 0 aliphatic heterocycles. The SMILES string of the molecule is CC(C)F.CC(C)c1ccc2c(=O)c2c1. The Labute approximate surface area is 89.6 Å². The number of hydrogen-bond acceptors (Lipinski definition) is 1. The van der Waals surface area contributed by atoms with Crippen molar-refractivity contribution in [2.24, 2.45) is 0 Å². The number of halogens is 1. The Kier molecular flexibility index (Phi) is 3.61. The molecule has 0 saturated heterocycles. The van der Waals surface area contributed by atoms with Crippen LogP contribution < -0.4 is 5.43 Å². The maximum atomic E-state index is 11.0. The minimum absolute atomic E-state index is 0.233. The summed E-state index contributed by atoms with van der Waals surface area (Å²) in [6, 6.07) is 5.96. The van der Waals surface area contributed by atoms with E-state index in [1.165, 1.54) is 19.4 Å². The topological polar surface area (TPSA) is 17.1 Å². The summed E-state index contributed by atoms with van der Waals surface area (Å²) in [4.78, 5) is 10.9. The van der Waals surface area contributed by atoms with E-state index in [-0.39, 0.29) is 5.43 Å². The van der Waals surface area contributed by atoms with Crippen molar-refractivity contribution < 1.29 is 4.39 Å². The fraction of sp³-hybridized carbons (Fsp3) is 0.462. The first-order valence-electron chi connectivity index (χ1n) is 5.26. The van der Waals surface area contributed by atoms with Crippen LogP contribution in [0.1, 0.15) is 39.2 Å². The van der Waals surface area contributed by atoms with Gasteiger partial charge in [-0.05, 0) is 31.4 Å². The third-order valence-electron chi connectivity index (χ3n) is 2.14. The van der Waals surface area contributed by atoms with E-state index in [0.29, 0.717) is 5.92 Å². The Morgan fingerprint density at radius 1 is 1.07 bits per heavy atom. The third kappa shape index (κ3) is 3.15. The zero-order valence-electron chi connectivity index (χ0n) is 9.67. The zero-order chi connectivity index (χ0) is 11.6. The maximum absolute atomic E-state index is 11.0. The van der Waals surface area contributed by atoms with Crippen LogP contribution in [0.15, 0.2) is 23.0 Å². The molecular weight excluding hydrogens is 191 g/mol. The van der Waals surface area contributed by atoms with Gasteiger partial charge in [0.2, 0.25) is 0 Å². The van der Waals surface area contributed by atoms with Crippen LogP contribution in [0.25, 0.3) is 10.8 Å². The molecule has 0 N–H and O–H groups in total. The normalized spacial score (nSPS) is 11.1. The minimum Gasteiger partial charge on any atom is -0.289 e. The van der Waals surface area contributed by atoms with E-state index in [0.717, 1.165) is 10.8 Å². The molecule has 0 amide bonds. The molecule has 0 radical (unpaired) electrons. The Balaban J connectivity index is 0.000000245. The highest BCUT2D eigenvalue weighted by molar-refractivity contribution is 5.97. The van der Waals surface area contributed by atoms with E-state index in [4.69, 9.17) is 0 Å². The Morgan fingerprint density at radius 3 is 2.00 bits per heavy atom. The highest BCUT2D eigenvalue weighted by Gasteiger charge is 2.12. The molecular formula is C13H17FO. The predicted molar refractivity (Wildman–Crippen MR) is 62.9 cm³/mol. The van der Waals surface area contributed by atoms with Gasteiger partial charge >= 0.3 is 0 Å². The van der Waals surface area contributed by atoms with Crippen molar-refractivity contribution in [3.63, 3.8) is 0 Å². The summed E-state index contributed by atoms with van der Waals surface area (Å²) in [5.74, 6) is 0.522. The average molecular weight is 208 g/mol. The molecule has 2 heteroatoms. The van der Waals surface area contributed by atoms with Crippen LogP contribution in [0.5, 0.6) is 0 Å². The van der Waals surface area contributed by atoms with Crippen molar-refractivity contribution >= 4 is 10.8 Å². The molecule has 0 unspecified atom stereocenters. The van der Waals surface area contributed by atoms with E-state index in [1.807, 2.05) is 18.2 Å².